The highest BCUT2D eigenvalue weighted by Crippen LogP contribution is 2.51. The summed E-state index contributed by atoms with van der Waals surface area (Å²) in [5, 5.41) is 3.50. The number of hydrogen-bond acceptors (Lipinski definition) is 1. The fourth-order valence-electron chi connectivity index (χ4n) is 2.02. The smallest absolute Gasteiger partial charge is 0.0378 e. The van der Waals surface area contributed by atoms with Gasteiger partial charge in [0.25, 0.3) is 0 Å². The molecular formula is C10H11N. The van der Waals surface area contributed by atoms with Gasteiger partial charge in [0.2, 0.25) is 0 Å². The van der Waals surface area contributed by atoms with Gasteiger partial charge in [-0.2, -0.15) is 0 Å². The number of nitrogens with one attached hydrogen (secondary N) is 1. The number of hydrogen-bond donors (Lipinski definition) is 1. The predicted molar refractivity (Wildman–Crippen MR) is 45.9 cm³/mol. The maximum absolute atomic E-state index is 3.50. The van der Waals surface area contributed by atoms with Crippen molar-refractivity contribution in [1.82, 2.24) is 0 Å². The molecule has 0 spiro atoms. The van der Waals surface area contributed by atoms with Crippen LogP contribution >= 0.6 is 0 Å². The number of rotatable bonds is 0. The lowest BCUT2D eigenvalue weighted by molar-refractivity contribution is 1.13. The Morgan fingerprint density at radius 1 is 1.45 bits per heavy atom. The van der Waals surface area contributed by atoms with E-state index in [9.17, 15) is 0 Å². The van der Waals surface area contributed by atoms with Crippen LogP contribution in [0.4, 0.5) is 5.69 Å². The van der Waals surface area contributed by atoms with Crippen LogP contribution in [0.1, 0.15) is 23.5 Å². The minimum atomic E-state index is 0.784. The summed E-state index contributed by atoms with van der Waals surface area (Å²) < 4.78 is 0. The molecule has 1 nitrogen and oxygen atoms in total. The zero-order chi connectivity index (χ0) is 7.42. The molecule has 1 aromatic rings. The van der Waals surface area contributed by atoms with Gasteiger partial charge in [0.05, 0.1) is 0 Å². The van der Waals surface area contributed by atoms with Crippen molar-refractivity contribution in [2.24, 2.45) is 0 Å². The van der Waals surface area contributed by atoms with Crippen molar-refractivity contribution in [2.75, 3.05) is 5.32 Å². The zero-order valence-corrected chi connectivity index (χ0v) is 6.59. The first-order chi connectivity index (χ1) is 5.34. The lowest BCUT2D eigenvalue weighted by Crippen LogP contribution is -1.95. The van der Waals surface area contributed by atoms with Crippen molar-refractivity contribution in [3.63, 3.8) is 0 Å². The van der Waals surface area contributed by atoms with Gasteiger partial charge in [-0.3, -0.25) is 0 Å². The summed E-state index contributed by atoms with van der Waals surface area (Å²) in [7, 11) is 0. The number of benzene rings is 1. The number of aryl methyl sites for hydroxylation is 1. The minimum Gasteiger partial charge on any atom is -0.381 e. The van der Waals surface area contributed by atoms with Gasteiger partial charge in [-0.05, 0) is 25.0 Å². The molecular weight excluding hydrogens is 134 g/mol. The second kappa shape index (κ2) is 1.60. The van der Waals surface area contributed by atoms with E-state index in [-0.39, 0.29) is 0 Å². The average molecular weight is 145 g/mol. The maximum Gasteiger partial charge on any atom is 0.0378 e. The summed E-state index contributed by atoms with van der Waals surface area (Å²) in [5.74, 6) is 0.852. The SMILES string of the molecule is Cc1ccc2c(c1)[C@@H]1CC1N2. The van der Waals surface area contributed by atoms with Crippen molar-refractivity contribution >= 4 is 5.69 Å². The summed E-state index contributed by atoms with van der Waals surface area (Å²) in [6.45, 7) is 2.16. The van der Waals surface area contributed by atoms with E-state index in [4.69, 9.17) is 0 Å². The third kappa shape index (κ3) is 0.657. The molecule has 2 aliphatic rings. The predicted octanol–water partition coefficient (Wildman–Crippen LogP) is 2.28. The Hall–Kier alpha value is -0.980. The van der Waals surface area contributed by atoms with Crippen molar-refractivity contribution in [2.45, 2.75) is 25.3 Å². The van der Waals surface area contributed by atoms with Crippen LogP contribution < -0.4 is 5.32 Å². The molecule has 11 heavy (non-hydrogen) atoms. The number of fused-ring (bicyclic) bond motifs is 3. The molecule has 1 N–H and O–H groups in total. The summed E-state index contributed by atoms with van der Waals surface area (Å²) in [6.07, 6.45) is 1.36. The fourth-order valence-corrected chi connectivity index (χ4v) is 2.02. The third-order valence-corrected chi connectivity index (χ3v) is 2.74. The standard InChI is InChI=1S/C10H11N/c1-6-2-3-9-7(4-6)8-5-10(8)11-9/h2-4,8,10-11H,5H2,1H3/t8-,10?/m0/s1. The average Bonchev–Trinajstić information content (AvgIpc) is 2.67. The molecule has 1 unspecified atom stereocenters. The summed E-state index contributed by atoms with van der Waals surface area (Å²) in [4.78, 5) is 0. The summed E-state index contributed by atoms with van der Waals surface area (Å²) in [6, 6.07) is 7.49. The second-order valence-electron chi connectivity index (χ2n) is 3.68. The van der Waals surface area contributed by atoms with E-state index in [0.717, 1.165) is 12.0 Å². The first-order valence-electron chi connectivity index (χ1n) is 4.22. The Morgan fingerprint density at radius 2 is 2.36 bits per heavy atom. The first-order valence-corrected chi connectivity index (χ1v) is 4.22. The molecule has 0 amide bonds. The van der Waals surface area contributed by atoms with E-state index < -0.39 is 0 Å². The summed E-state index contributed by atoms with van der Waals surface area (Å²) >= 11 is 0. The molecule has 0 aromatic heterocycles. The highest BCUT2D eigenvalue weighted by atomic mass is 15.0. The highest BCUT2D eigenvalue weighted by molar-refractivity contribution is 5.64. The van der Waals surface area contributed by atoms with Gasteiger partial charge in [0.15, 0.2) is 0 Å². The molecule has 0 radical (unpaired) electrons. The Labute approximate surface area is 66.4 Å². The van der Waals surface area contributed by atoms with E-state index in [1.807, 2.05) is 0 Å². The van der Waals surface area contributed by atoms with Crippen LogP contribution in [0.15, 0.2) is 18.2 Å². The van der Waals surface area contributed by atoms with Gasteiger partial charge in [0, 0.05) is 17.6 Å². The van der Waals surface area contributed by atoms with Crippen molar-refractivity contribution in [3.05, 3.63) is 29.3 Å². The Kier molecular flexibility index (Phi) is 0.823. The minimum absolute atomic E-state index is 0.784. The van der Waals surface area contributed by atoms with Crippen LogP contribution in [0.25, 0.3) is 0 Å². The van der Waals surface area contributed by atoms with Crippen LogP contribution in [0.2, 0.25) is 0 Å². The number of anilines is 1. The Balaban J connectivity index is 2.20. The van der Waals surface area contributed by atoms with Gasteiger partial charge in [-0.1, -0.05) is 17.7 Å². The lowest BCUT2D eigenvalue weighted by atomic mass is 10.1. The molecule has 1 aliphatic heterocycles. The van der Waals surface area contributed by atoms with E-state index >= 15 is 0 Å². The fraction of sp³-hybridized carbons (Fsp3) is 0.400. The molecule has 1 heterocycles. The maximum atomic E-state index is 3.50. The van der Waals surface area contributed by atoms with Crippen molar-refractivity contribution in [3.8, 4) is 0 Å². The van der Waals surface area contributed by atoms with Gasteiger partial charge in [-0.15, -0.1) is 0 Å². The van der Waals surface area contributed by atoms with Gasteiger partial charge >= 0.3 is 0 Å². The third-order valence-electron chi connectivity index (χ3n) is 2.74. The molecule has 1 aromatic carbocycles. The monoisotopic (exact) mass is 145 g/mol. The van der Waals surface area contributed by atoms with Gasteiger partial charge in [0.1, 0.15) is 0 Å². The summed E-state index contributed by atoms with van der Waals surface area (Å²) in [5.41, 5.74) is 4.31. The van der Waals surface area contributed by atoms with Crippen LogP contribution in [0.3, 0.4) is 0 Å². The zero-order valence-electron chi connectivity index (χ0n) is 6.59. The quantitative estimate of drug-likeness (QED) is 0.590. The molecule has 56 valence electrons. The molecule has 1 heteroatoms. The van der Waals surface area contributed by atoms with Crippen LogP contribution in [0, 0.1) is 6.92 Å². The van der Waals surface area contributed by atoms with Crippen LogP contribution in [0.5, 0.6) is 0 Å². The molecule has 1 saturated carbocycles. The van der Waals surface area contributed by atoms with Crippen molar-refractivity contribution in [1.29, 1.82) is 0 Å². The Bertz CT molecular complexity index is 317. The molecule has 0 bridgehead atoms. The molecule has 1 aliphatic carbocycles. The largest absolute Gasteiger partial charge is 0.381 e. The Morgan fingerprint density at radius 3 is 3.27 bits per heavy atom. The molecule has 1 fully saturated rings. The first kappa shape index (κ1) is 5.64. The second-order valence-corrected chi connectivity index (χ2v) is 3.68. The lowest BCUT2D eigenvalue weighted by Gasteiger charge is -2.03. The van der Waals surface area contributed by atoms with E-state index in [1.54, 1.807) is 5.56 Å². The molecule has 0 saturated heterocycles. The van der Waals surface area contributed by atoms with E-state index in [0.29, 0.717) is 0 Å². The normalized spacial score (nSPS) is 30.6. The van der Waals surface area contributed by atoms with Crippen molar-refractivity contribution < 1.29 is 0 Å². The molecule has 3 rings (SSSR count). The van der Waals surface area contributed by atoms with Crippen LogP contribution in [-0.2, 0) is 0 Å². The van der Waals surface area contributed by atoms with Crippen LogP contribution in [-0.4, -0.2) is 6.04 Å². The van der Waals surface area contributed by atoms with E-state index in [1.165, 1.54) is 17.7 Å². The van der Waals surface area contributed by atoms with Gasteiger partial charge < -0.3 is 5.32 Å². The van der Waals surface area contributed by atoms with Gasteiger partial charge in [-0.25, -0.2) is 0 Å². The van der Waals surface area contributed by atoms with E-state index in [2.05, 4.69) is 30.4 Å². The highest BCUT2D eigenvalue weighted by Gasteiger charge is 2.44. The topological polar surface area (TPSA) is 12.0 Å². The molecule has 2 atom stereocenters.